The predicted octanol–water partition coefficient (Wildman–Crippen LogP) is 1.00. The van der Waals surface area contributed by atoms with Gasteiger partial charge in [0.1, 0.15) is 0 Å². The molecule has 0 aromatic carbocycles. The second kappa shape index (κ2) is 2.29. The first-order valence-electron chi connectivity index (χ1n) is 3.26. The van der Waals surface area contributed by atoms with Crippen molar-refractivity contribution in [1.29, 1.82) is 0 Å². The molecule has 0 aliphatic carbocycles. The van der Waals surface area contributed by atoms with E-state index in [1.807, 2.05) is 25.5 Å². The van der Waals surface area contributed by atoms with Crippen molar-refractivity contribution in [3.05, 3.63) is 33.7 Å². The van der Waals surface area contributed by atoms with E-state index in [1.165, 1.54) is 0 Å². The van der Waals surface area contributed by atoms with Crippen LogP contribution in [0.3, 0.4) is 0 Å². The van der Waals surface area contributed by atoms with Gasteiger partial charge in [-0.05, 0) is 13.8 Å². The third kappa shape index (κ3) is 0.967. The van der Waals surface area contributed by atoms with Crippen molar-refractivity contribution in [2.24, 2.45) is 7.05 Å². The molecule has 1 heterocycles. The average molecular weight is 137 g/mol. The van der Waals surface area contributed by atoms with Crippen LogP contribution in [0.25, 0.3) is 0 Å². The maximum atomic E-state index is 11.0. The first-order chi connectivity index (χ1) is 4.63. The number of aryl methyl sites for hydroxylation is 1. The molecule has 2 nitrogen and oxygen atoms in total. The van der Waals surface area contributed by atoms with Crippen LogP contribution in [-0.4, -0.2) is 4.57 Å². The molecule has 0 unspecified atom stereocenters. The maximum absolute atomic E-state index is 11.0. The SMILES string of the molecule is Cc1c(C)n(C)ccc1=O. The Kier molecular flexibility index (Phi) is 1.62. The van der Waals surface area contributed by atoms with Gasteiger partial charge in [-0.15, -0.1) is 0 Å². The van der Waals surface area contributed by atoms with Crippen LogP contribution in [0.1, 0.15) is 11.3 Å². The van der Waals surface area contributed by atoms with Crippen molar-refractivity contribution in [3.63, 3.8) is 0 Å². The van der Waals surface area contributed by atoms with E-state index in [1.54, 1.807) is 12.3 Å². The summed E-state index contributed by atoms with van der Waals surface area (Å²) in [5.41, 5.74) is 1.99. The molecule has 0 saturated carbocycles. The van der Waals surface area contributed by atoms with Gasteiger partial charge >= 0.3 is 0 Å². The molecule has 0 N–H and O–H groups in total. The molecule has 0 radical (unpaired) electrons. The fraction of sp³-hybridized carbons (Fsp3) is 0.375. The van der Waals surface area contributed by atoms with Crippen LogP contribution in [0, 0.1) is 13.8 Å². The average Bonchev–Trinajstić information content (AvgIpc) is 1.93. The fourth-order valence-corrected chi connectivity index (χ4v) is 0.859. The molecular formula is C8H11NO. The lowest BCUT2D eigenvalue weighted by Gasteiger charge is -2.04. The Morgan fingerprint density at radius 3 is 2.50 bits per heavy atom. The molecule has 2 heteroatoms. The number of nitrogens with zero attached hydrogens (tertiary/aromatic N) is 1. The van der Waals surface area contributed by atoms with Gasteiger partial charge in [-0.25, -0.2) is 0 Å². The van der Waals surface area contributed by atoms with Gasteiger partial charge in [0, 0.05) is 30.6 Å². The molecule has 0 atom stereocenters. The van der Waals surface area contributed by atoms with E-state index in [9.17, 15) is 4.79 Å². The van der Waals surface area contributed by atoms with Gasteiger partial charge in [0.15, 0.2) is 5.43 Å². The number of hydrogen-bond donors (Lipinski definition) is 0. The summed E-state index contributed by atoms with van der Waals surface area (Å²) < 4.78 is 1.94. The summed E-state index contributed by atoms with van der Waals surface area (Å²) in [5.74, 6) is 0. The van der Waals surface area contributed by atoms with Crippen molar-refractivity contribution >= 4 is 0 Å². The zero-order valence-electron chi connectivity index (χ0n) is 6.51. The van der Waals surface area contributed by atoms with Crippen molar-refractivity contribution in [2.45, 2.75) is 13.8 Å². The van der Waals surface area contributed by atoms with Crippen LogP contribution in [0.5, 0.6) is 0 Å². The lowest BCUT2D eigenvalue weighted by atomic mass is 10.2. The molecule has 0 spiro atoms. The van der Waals surface area contributed by atoms with E-state index in [0.717, 1.165) is 11.3 Å². The quantitative estimate of drug-likeness (QED) is 0.523. The van der Waals surface area contributed by atoms with Crippen LogP contribution in [-0.2, 0) is 7.05 Å². The van der Waals surface area contributed by atoms with E-state index >= 15 is 0 Å². The standard InChI is InChI=1S/C8H11NO/c1-6-7(2)9(3)5-4-8(6)10/h4-5H,1-3H3. The molecule has 1 aromatic rings. The van der Waals surface area contributed by atoms with E-state index in [-0.39, 0.29) is 5.43 Å². The Balaban J connectivity index is 3.49. The van der Waals surface area contributed by atoms with Crippen molar-refractivity contribution in [1.82, 2.24) is 4.57 Å². The minimum Gasteiger partial charge on any atom is -0.354 e. The molecule has 1 rings (SSSR count). The van der Waals surface area contributed by atoms with Gasteiger partial charge in [0.05, 0.1) is 0 Å². The van der Waals surface area contributed by atoms with Crippen LogP contribution >= 0.6 is 0 Å². The zero-order chi connectivity index (χ0) is 7.72. The van der Waals surface area contributed by atoms with E-state index in [0.29, 0.717) is 0 Å². The largest absolute Gasteiger partial charge is 0.354 e. The summed E-state index contributed by atoms with van der Waals surface area (Å²) in [7, 11) is 1.93. The monoisotopic (exact) mass is 137 g/mol. The van der Waals surface area contributed by atoms with Crippen molar-refractivity contribution in [2.75, 3.05) is 0 Å². The Labute approximate surface area is 60.1 Å². The maximum Gasteiger partial charge on any atom is 0.184 e. The Morgan fingerprint density at radius 2 is 2.00 bits per heavy atom. The van der Waals surface area contributed by atoms with Crippen molar-refractivity contribution in [3.8, 4) is 0 Å². The van der Waals surface area contributed by atoms with E-state index in [2.05, 4.69) is 0 Å². The Hall–Kier alpha value is -1.05. The zero-order valence-corrected chi connectivity index (χ0v) is 6.51. The minimum atomic E-state index is 0.121. The van der Waals surface area contributed by atoms with Crippen LogP contribution in [0.15, 0.2) is 17.1 Å². The molecule has 0 fully saturated rings. The number of rotatable bonds is 0. The van der Waals surface area contributed by atoms with Gasteiger partial charge < -0.3 is 4.57 Å². The third-order valence-electron chi connectivity index (χ3n) is 1.89. The molecule has 54 valence electrons. The second-order valence-electron chi connectivity index (χ2n) is 2.50. The third-order valence-corrected chi connectivity index (χ3v) is 1.89. The van der Waals surface area contributed by atoms with Gasteiger partial charge in [-0.3, -0.25) is 4.79 Å². The molecule has 0 aliphatic rings. The summed E-state index contributed by atoms with van der Waals surface area (Å²) in [6, 6.07) is 1.59. The van der Waals surface area contributed by atoms with Gasteiger partial charge in [-0.1, -0.05) is 0 Å². The fourth-order valence-electron chi connectivity index (χ4n) is 0.859. The first-order valence-corrected chi connectivity index (χ1v) is 3.26. The van der Waals surface area contributed by atoms with Crippen LogP contribution in [0.2, 0.25) is 0 Å². The summed E-state index contributed by atoms with van der Waals surface area (Å²) in [6.07, 6.45) is 1.78. The lowest BCUT2D eigenvalue weighted by Crippen LogP contribution is -2.10. The molecule has 1 aromatic heterocycles. The Bertz CT molecular complexity index is 299. The number of hydrogen-bond acceptors (Lipinski definition) is 1. The smallest absolute Gasteiger partial charge is 0.184 e. The van der Waals surface area contributed by atoms with E-state index < -0.39 is 0 Å². The topological polar surface area (TPSA) is 22.0 Å². The normalized spacial score (nSPS) is 9.90. The summed E-state index contributed by atoms with van der Waals surface area (Å²) in [6.45, 7) is 3.79. The summed E-state index contributed by atoms with van der Waals surface area (Å²) >= 11 is 0. The van der Waals surface area contributed by atoms with Gasteiger partial charge in [0.2, 0.25) is 0 Å². The van der Waals surface area contributed by atoms with Crippen LogP contribution in [0.4, 0.5) is 0 Å². The van der Waals surface area contributed by atoms with Crippen molar-refractivity contribution < 1.29 is 0 Å². The molecule has 10 heavy (non-hydrogen) atoms. The van der Waals surface area contributed by atoms with Gasteiger partial charge in [-0.2, -0.15) is 0 Å². The number of pyridine rings is 1. The highest BCUT2D eigenvalue weighted by Gasteiger charge is 1.96. The summed E-state index contributed by atoms with van der Waals surface area (Å²) in [5, 5.41) is 0. The highest BCUT2D eigenvalue weighted by molar-refractivity contribution is 5.17. The molecule has 0 amide bonds. The molecule has 0 saturated heterocycles. The van der Waals surface area contributed by atoms with Crippen LogP contribution < -0.4 is 5.43 Å². The number of aromatic nitrogens is 1. The van der Waals surface area contributed by atoms with E-state index in [4.69, 9.17) is 0 Å². The molecular weight excluding hydrogens is 126 g/mol. The Morgan fingerprint density at radius 1 is 1.40 bits per heavy atom. The first kappa shape index (κ1) is 7.06. The molecule has 0 aliphatic heterocycles. The van der Waals surface area contributed by atoms with Gasteiger partial charge in [0.25, 0.3) is 0 Å². The second-order valence-corrected chi connectivity index (χ2v) is 2.50. The highest BCUT2D eigenvalue weighted by atomic mass is 16.1. The minimum absolute atomic E-state index is 0.121. The molecule has 0 bridgehead atoms. The predicted molar refractivity (Wildman–Crippen MR) is 41.2 cm³/mol. The highest BCUT2D eigenvalue weighted by Crippen LogP contribution is 1.97. The summed E-state index contributed by atoms with van der Waals surface area (Å²) in [4.78, 5) is 11.0. The lowest BCUT2D eigenvalue weighted by molar-refractivity contribution is 0.840.